The van der Waals surface area contributed by atoms with Crippen molar-refractivity contribution in [3.05, 3.63) is 45.7 Å². The number of hydrogen-bond donors (Lipinski definition) is 1. The molecule has 1 aliphatic carbocycles. The summed E-state index contributed by atoms with van der Waals surface area (Å²) in [5.74, 6) is 1.75. The molecule has 0 fully saturated rings. The van der Waals surface area contributed by atoms with E-state index in [0.29, 0.717) is 31.1 Å². The molecule has 0 spiro atoms. The number of methoxy groups -OCH3 is 1. The van der Waals surface area contributed by atoms with Gasteiger partial charge in [0.2, 0.25) is 17.6 Å². The highest BCUT2D eigenvalue weighted by Gasteiger charge is 2.15. The summed E-state index contributed by atoms with van der Waals surface area (Å²) >= 11 is 1.85. The van der Waals surface area contributed by atoms with Crippen LogP contribution in [0.2, 0.25) is 0 Å². The molecule has 1 aliphatic rings. The Morgan fingerprint density at radius 1 is 1.17 bits per heavy atom. The van der Waals surface area contributed by atoms with E-state index in [4.69, 9.17) is 14.2 Å². The molecule has 30 heavy (non-hydrogen) atoms. The van der Waals surface area contributed by atoms with E-state index in [0.717, 1.165) is 30.6 Å². The normalized spacial score (nSPS) is 13.1. The number of nitrogens with zero attached hydrogens (tertiary/aromatic N) is 3. The number of thiazole rings is 1. The van der Waals surface area contributed by atoms with Gasteiger partial charge in [-0.3, -0.25) is 4.79 Å². The topological polar surface area (TPSA) is 90.1 Å². The predicted octanol–water partition coefficient (Wildman–Crippen LogP) is 3.76. The Hall–Kier alpha value is -2.74. The van der Waals surface area contributed by atoms with E-state index >= 15 is 0 Å². The predicted molar refractivity (Wildman–Crippen MR) is 115 cm³/mol. The van der Waals surface area contributed by atoms with E-state index in [2.05, 4.69) is 15.5 Å². The van der Waals surface area contributed by atoms with Crippen LogP contribution in [0, 0.1) is 0 Å². The molecule has 2 heterocycles. The third-order valence-electron chi connectivity index (χ3n) is 5.16. The molecule has 0 saturated heterocycles. The van der Waals surface area contributed by atoms with Crippen molar-refractivity contribution in [2.24, 2.45) is 0 Å². The van der Waals surface area contributed by atoms with Crippen LogP contribution in [-0.2, 0) is 30.5 Å². The van der Waals surface area contributed by atoms with Gasteiger partial charge in [0.25, 0.3) is 0 Å². The highest BCUT2D eigenvalue weighted by atomic mass is 32.1. The molecule has 1 aromatic carbocycles. The number of fused-ring (bicyclic) bond motifs is 1. The Bertz CT molecular complexity index is 957. The van der Waals surface area contributed by atoms with E-state index in [1.54, 1.807) is 7.11 Å². The maximum Gasteiger partial charge on any atom is 0.227 e. The van der Waals surface area contributed by atoms with Gasteiger partial charge in [-0.15, -0.1) is 11.3 Å². The number of ether oxygens (including phenoxy) is 1. The second kappa shape index (κ2) is 9.84. The van der Waals surface area contributed by atoms with Gasteiger partial charge in [-0.2, -0.15) is 4.98 Å². The summed E-state index contributed by atoms with van der Waals surface area (Å²) in [6, 6.07) is 7.44. The summed E-state index contributed by atoms with van der Waals surface area (Å²) < 4.78 is 10.4. The van der Waals surface area contributed by atoms with E-state index in [-0.39, 0.29) is 5.91 Å². The Morgan fingerprint density at radius 3 is 2.80 bits per heavy atom. The maximum atomic E-state index is 12.1. The minimum atomic E-state index is -0.00219. The fraction of sp³-hybridized carbons (Fsp3) is 0.455. The van der Waals surface area contributed by atoms with Crippen LogP contribution >= 0.6 is 11.3 Å². The van der Waals surface area contributed by atoms with Gasteiger partial charge >= 0.3 is 0 Å². The molecule has 0 bridgehead atoms. The third-order valence-corrected chi connectivity index (χ3v) is 6.38. The Morgan fingerprint density at radius 2 is 2.00 bits per heavy atom. The van der Waals surface area contributed by atoms with E-state index in [9.17, 15) is 4.79 Å². The molecule has 0 unspecified atom stereocenters. The molecule has 4 rings (SSSR count). The van der Waals surface area contributed by atoms with E-state index in [1.165, 1.54) is 34.8 Å². The van der Waals surface area contributed by atoms with E-state index in [1.807, 2.05) is 35.6 Å². The SMILES string of the molecule is COc1ccc(-c2noc(CCC(=O)NCCCc3nc4c(s3)CCCC4)n2)cc1. The van der Waals surface area contributed by atoms with Crippen molar-refractivity contribution in [2.45, 2.75) is 51.4 Å². The number of aromatic nitrogens is 3. The molecule has 1 amide bonds. The minimum Gasteiger partial charge on any atom is -0.497 e. The smallest absolute Gasteiger partial charge is 0.227 e. The fourth-order valence-electron chi connectivity index (χ4n) is 3.50. The second-order valence-corrected chi connectivity index (χ2v) is 8.55. The number of benzene rings is 1. The molecule has 0 aliphatic heterocycles. The van der Waals surface area contributed by atoms with Crippen molar-refractivity contribution in [3.8, 4) is 17.1 Å². The molecule has 7 nitrogen and oxygen atoms in total. The first-order valence-electron chi connectivity index (χ1n) is 10.4. The lowest BCUT2D eigenvalue weighted by Gasteiger charge is -2.06. The van der Waals surface area contributed by atoms with Gasteiger partial charge in [0, 0.05) is 36.2 Å². The number of hydrogen-bond acceptors (Lipinski definition) is 7. The van der Waals surface area contributed by atoms with Crippen LogP contribution in [0.1, 0.15) is 47.2 Å². The first-order valence-corrected chi connectivity index (χ1v) is 11.2. The number of amides is 1. The van der Waals surface area contributed by atoms with Gasteiger partial charge in [0.15, 0.2) is 0 Å². The monoisotopic (exact) mass is 426 g/mol. The molecule has 0 atom stereocenters. The van der Waals surface area contributed by atoms with Crippen LogP contribution in [0.5, 0.6) is 5.75 Å². The van der Waals surface area contributed by atoms with Crippen LogP contribution in [0.3, 0.4) is 0 Å². The molecule has 2 aromatic heterocycles. The fourth-order valence-corrected chi connectivity index (χ4v) is 4.70. The highest BCUT2D eigenvalue weighted by Crippen LogP contribution is 2.27. The molecule has 1 N–H and O–H groups in total. The molecular formula is C22H26N4O3S. The standard InChI is InChI=1S/C22H26N4O3S/c1-28-16-10-8-15(9-11-16)22-25-20(29-26-22)13-12-19(27)23-14-4-7-21-24-17-5-2-3-6-18(17)30-21/h8-11H,2-7,12-14H2,1H3,(H,23,27). The van der Waals surface area contributed by atoms with Crippen molar-refractivity contribution in [1.82, 2.24) is 20.4 Å². The van der Waals surface area contributed by atoms with Crippen molar-refractivity contribution < 1.29 is 14.1 Å². The zero-order chi connectivity index (χ0) is 20.8. The molecule has 0 radical (unpaired) electrons. The number of carbonyl (C=O) groups excluding carboxylic acids is 1. The second-order valence-electron chi connectivity index (χ2n) is 7.38. The number of carbonyl (C=O) groups is 1. The summed E-state index contributed by atoms with van der Waals surface area (Å²) in [6.07, 6.45) is 7.43. The lowest BCUT2D eigenvalue weighted by molar-refractivity contribution is -0.121. The average Bonchev–Trinajstić information content (AvgIpc) is 3.42. The van der Waals surface area contributed by atoms with Gasteiger partial charge in [0.05, 0.1) is 17.8 Å². The summed E-state index contributed by atoms with van der Waals surface area (Å²) in [6.45, 7) is 0.657. The third kappa shape index (κ3) is 5.24. The van der Waals surface area contributed by atoms with E-state index < -0.39 is 0 Å². The van der Waals surface area contributed by atoms with Gasteiger partial charge in [0.1, 0.15) is 5.75 Å². The Balaban J connectivity index is 1.17. The number of rotatable bonds is 9. The largest absolute Gasteiger partial charge is 0.497 e. The first-order chi connectivity index (χ1) is 14.7. The average molecular weight is 427 g/mol. The van der Waals surface area contributed by atoms with Crippen LogP contribution in [0.15, 0.2) is 28.8 Å². The summed E-state index contributed by atoms with van der Waals surface area (Å²) in [4.78, 5) is 22.7. The van der Waals surface area contributed by atoms with Crippen LogP contribution in [0.4, 0.5) is 0 Å². The molecule has 3 aromatic rings. The quantitative estimate of drug-likeness (QED) is 0.524. The lowest BCUT2D eigenvalue weighted by atomic mass is 10.0. The molecular weight excluding hydrogens is 400 g/mol. The van der Waals surface area contributed by atoms with Crippen molar-refractivity contribution in [2.75, 3.05) is 13.7 Å². The molecule has 0 saturated carbocycles. The van der Waals surface area contributed by atoms with Crippen molar-refractivity contribution in [1.29, 1.82) is 0 Å². The summed E-state index contributed by atoms with van der Waals surface area (Å²) in [5, 5.41) is 8.16. The highest BCUT2D eigenvalue weighted by molar-refractivity contribution is 7.11. The number of aryl methyl sites for hydroxylation is 4. The minimum absolute atomic E-state index is 0.00219. The van der Waals surface area contributed by atoms with Gasteiger partial charge in [-0.1, -0.05) is 5.16 Å². The van der Waals surface area contributed by atoms with Crippen LogP contribution in [-0.4, -0.2) is 34.7 Å². The maximum absolute atomic E-state index is 12.1. The summed E-state index contributed by atoms with van der Waals surface area (Å²) in [7, 11) is 1.62. The first kappa shape index (κ1) is 20.5. The molecule has 8 heteroatoms. The van der Waals surface area contributed by atoms with Crippen LogP contribution < -0.4 is 10.1 Å². The van der Waals surface area contributed by atoms with Crippen LogP contribution in [0.25, 0.3) is 11.4 Å². The van der Waals surface area contributed by atoms with Gasteiger partial charge in [-0.25, -0.2) is 4.98 Å². The zero-order valence-electron chi connectivity index (χ0n) is 17.1. The van der Waals surface area contributed by atoms with Crippen molar-refractivity contribution in [3.63, 3.8) is 0 Å². The van der Waals surface area contributed by atoms with Gasteiger partial charge < -0.3 is 14.6 Å². The zero-order valence-corrected chi connectivity index (χ0v) is 18.0. The Kier molecular flexibility index (Phi) is 6.74. The van der Waals surface area contributed by atoms with Crippen molar-refractivity contribution >= 4 is 17.2 Å². The summed E-state index contributed by atoms with van der Waals surface area (Å²) in [5.41, 5.74) is 2.15. The Labute approximate surface area is 179 Å². The molecule has 158 valence electrons. The van der Waals surface area contributed by atoms with Gasteiger partial charge in [-0.05, 0) is 56.4 Å². The lowest BCUT2D eigenvalue weighted by Crippen LogP contribution is -2.25. The number of nitrogens with one attached hydrogen (secondary N) is 1.